The van der Waals surface area contributed by atoms with Gasteiger partial charge in [0, 0.05) is 12.6 Å². The molecule has 0 radical (unpaired) electrons. The van der Waals surface area contributed by atoms with Crippen LogP contribution in [0.2, 0.25) is 0 Å². The number of ether oxygens (including phenoxy) is 2. The zero-order valence-corrected chi connectivity index (χ0v) is 13.1. The number of aryl methyl sites for hydroxylation is 1. The van der Waals surface area contributed by atoms with E-state index in [1.54, 1.807) is 24.8 Å². The number of hydrogen-bond acceptors (Lipinski definition) is 4. The van der Waals surface area contributed by atoms with Crippen molar-refractivity contribution in [2.45, 2.75) is 25.7 Å². The van der Waals surface area contributed by atoms with Crippen LogP contribution in [0, 0.1) is 0 Å². The van der Waals surface area contributed by atoms with Crippen LogP contribution in [0.5, 0.6) is 5.75 Å². The van der Waals surface area contributed by atoms with Crippen molar-refractivity contribution in [3.05, 3.63) is 35.5 Å². The average Bonchev–Trinajstić information content (AvgIpc) is 3.29. The van der Waals surface area contributed by atoms with E-state index in [1.807, 2.05) is 13.1 Å². The van der Waals surface area contributed by atoms with Crippen molar-refractivity contribution in [3.63, 3.8) is 0 Å². The molecule has 3 rings (SSSR count). The lowest BCUT2D eigenvalue weighted by molar-refractivity contribution is 0.0518. The lowest BCUT2D eigenvalue weighted by Crippen LogP contribution is -2.06. The van der Waals surface area contributed by atoms with E-state index in [2.05, 4.69) is 17.2 Å². The van der Waals surface area contributed by atoms with E-state index in [1.165, 1.54) is 18.4 Å². The van der Waals surface area contributed by atoms with Crippen LogP contribution in [-0.2, 0) is 11.8 Å². The molecule has 5 nitrogen and oxygen atoms in total. The summed E-state index contributed by atoms with van der Waals surface area (Å²) in [5.41, 5.74) is 3.39. The Balaban J connectivity index is 1.98. The molecular weight excluding hydrogens is 280 g/mol. The summed E-state index contributed by atoms with van der Waals surface area (Å²) in [5, 5.41) is 4.24. The van der Waals surface area contributed by atoms with Crippen LogP contribution in [0.3, 0.4) is 0 Å². The summed E-state index contributed by atoms with van der Waals surface area (Å²) < 4.78 is 12.2. The number of methoxy groups -OCH3 is 1. The summed E-state index contributed by atoms with van der Waals surface area (Å²) in [7, 11) is 3.48. The summed E-state index contributed by atoms with van der Waals surface area (Å²) in [6.07, 6.45) is 2.50. The summed E-state index contributed by atoms with van der Waals surface area (Å²) >= 11 is 0. The quantitative estimate of drug-likeness (QED) is 0.796. The normalized spacial score (nSPS) is 14.0. The summed E-state index contributed by atoms with van der Waals surface area (Å²) in [5.74, 6) is 1.07. The molecule has 1 saturated carbocycles. The van der Waals surface area contributed by atoms with Crippen molar-refractivity contribution < 1.29 is 14.3 Å². The molecule has 0 N–H and O–H groups in total. The molecule has 0 saturated heterocycles. The number of rotatable bonds is 5. The Bertz CT molecular complexity index is 702. The molecule has 5 heteroatoms. The molecular formula is C17H20N2O3. The molecule has 1 aromatic heterocycles. The van der Waals surface area contributed by atoms with Crippen molar-refractivity contribution in [3.8, 4) is 17.0 Å². The fourth-order valence-electron chi connectivity index (χ4n) is 2.61. The smallest absolute Gasteiger partial charge is 0.358 e. The first kappa shape index (κ1) is 14.6. The highest BCUT2D eigenvalue weighted by molar-refractivity contribution is 5.89. The largest absolute Gasteiger partial charge is 0.496 e. The van der Waals surface area contributed by atoms with Gasteiger partial charge in [-0.3, -0.25) is 4.68 Å². The van der Waals surface area contributed by atoms with Crippen molar-refractivity contribution >= 4 is 5.97 Å². The molecule has 116 valence electrons. The fraction of sp³-hybridized carbons (Fsp3) is 0.412. The van der Waals surface area contributed by atoms with Crippen LogP contribution in [0.4, 0.5) is 0 Å². The van der Waals surface area contributed by atoms with Gasteiger partial charge in [-0.1, -0.05) is 6.07 Å². The van der Waals surface area contributed by atoms with Crippen molar-refractivity contribution in [1.82, 2.24) is 9.78 Å². The van der Waals surface area contributed by atoms with Crippen LogP contribution in [0.15, 0.2) is 24.3 Å². The van der Waals surface area contributed by atoms with Crippen LogP contribution in [-0.4, -0.2) is 29.5 Å². The maximum atomic E-state index is 11.8. The Hall–Kier alpha value is -2.30. The van der Waals surface area contributed by atoms with Gasteiger partial charge in [0.05, 0.1) is 19.4 Å². The molecule has 0 amide bonds. The Kier molecular flexibility index (Phi) is 3.88. The molecule has 22 heavy (non-hydrogen) atoms. The van der Waals surface area contributed by atoms with Gasteiger partial charge in [-0.25, -0.2) is 4.79 Å². The van der Waals surface area contributed by atoms with E-state index in [9.17, 15) is 4.79 Å². The van der Waals surface area contributed by atoms with Crippen molar-refractivity contribution in [2.24, 2.45) is 7.05 Å². The zero-order chi connectivity index (χ0) is 15.7. The second-order valence-corrected chi connectivity index (χ2v) is 5.49. The van der Waals surface area contributed by atoms with Gasteiger partial charge in [-0.15, -0.1) is 0 Å². The topological polar surface area (TPSA) is 53.4 Å². The summed E-state index contributed by atoms with van der Waals surface area (Å²) in [6.45, 7) is 2.12. The van der Waals surface area contributed by atoms with Gasteiger partial charge < -0.3 is 9.47 Å². The molecule has 1 aromatic carbocycles. The van der Waals surface area contributed by atoms with Crippen molar-refractivity contribution in [1.29, 1.82) is 0 Å². The van der Waals surface area contributed by atoms with E-state index >= 15 is 0 Å². The minimum atomic E-state index is -0.405. The van der Waals surface area contributed by atoms with E-state index in [0.29, 0.717) is 18.2 Å². The third kappa shape index (κ3) is 2.71. The molecule has 0 unspecified atom stereocenters. The number of benzene rings is 1. The van der Waals surface area contributed by atoms with Crippen LogP contribution >= 0.6 is 0 Å². The minimum absolute atomic E-state index is 0.313. The number of nitrogens with zero attached hydrogens (tertiary/aromatic N) is 2. The lowest BCUT2D eigenvalue weighted by atomic mass is 10.0. The highest BCUT2D eigenvalue weighted by Gasteiger charge is 2.25. The molecule has 0 aliphatic heterocycles. The number of carbonyl (C=O) groups is 1. The molecule has 0 bridgehead atoms. The van der Waals surface area contributed by atoms with Gasteiger partial charge >= 0.3 is 5.97 Å². The van der Waals surface area contributed by atoms with Crippen molar-refractivity contribution in [2.75, 3.05) is 13.7 Å². The molecule has 0 atom stereocenters. The van der Waals surface area contributed by atoms with E-state index in [0.717, 1.165) is 17.0 Å². The first-order valence-electron chi connectivity index (χ1n) is 7.53. The SMILES string of the molecule is CCOC(=O)c1cc(-c2ccc(C3CC3)cc2OC)n(C)n1. The van der Waals surface area contributed by atoms with E-state index < -0.39 is 5.97 Å². The Labute approximate surface area is 129 Å². The number of hydrogen-bond donors (Lipinski definition) is 0. The molecule has 1 aliphatic rings. The third-order valence-corrected chi connectivity index (χ3v) is 3.91. The zero-order valence-electron chi connectivity index (χ0n) is 13.1. The molecule has 1 fully saturated rings. The van der Waals surface area contributed by atoms with Gasteiger partial charge in [-0.2, -0.15) is 5.10 Å². The van der Waals surface area contributed by atoms with Crippen LogP contribution < -0.4 is 4.74 Å². The molecule has 0 spiro atoms. The Morgan fingerprint density at radius 3 is 2.77 bits per heavy atom. The maximum Gasteiger partial charge on any atom is 0.358 e. The predicted molar refractivity (Wildman–Crippen MR) is 83.1 cm³/mol. The second-order valence-electron chi connectivity index (χ2n) is 5.49. The van der Waals surface area contributed by atoms with Crippen LogP contribution in [0.25, 0.3) is 11.3 Å². The molecule has 1 heterocycles. The number of carbonyl (C=O) groups excluding carboxylic acids is 1. The highest BCUT2D eigenvalue weighted by Crippen LogP contribution is 2.43. The van der Waals surface area contributed by atoms with Gasteiger partial charge in [0.25, 0.3) is 0 Å². The first-order chi connectivity index (χ1) is 10.6. The van der Waals surface area contributed by atoms with E-state index in [4.69, 9.17) is 9.47 Å². The Morgan fingerprint density at radius 2 is 2.14 bits per heavy atom. The second kappa shape index (κ2) is 5.83. The van der Waals surface area contributed by atoms with Gasteiger partial charge in [0.1, 0.15) is 5.75 Å². The number of aromatic nitrogens is 2. The predicted octanol–water partition coefficient (Wildman–Crippen LogP) is 3.15. The monoisotopic (exact) mass is 300 g/mol. The molecule has 2 aromatic rings. The first-order valence-corrected chi connectivity index (χ1v) is 7.53. The lowest BCUT2D eigenvalue weighted by Gasteiger charge is -2.10. The number of esters is 1. The fourth-order valence-corrected chi connectivity index (χ4v) is 2.61. The minimum Gasteiger partial charge on any atom is -0.496 e. The van der Waals surface area contributed by atoms with Crippen LogP contribution in [0.1, 0.15) is 41.7 Å². The summed E-state index contributed by atoms with van der Waals surface area (Å²) in [4.78, 5) is 11.8. The summed E-state index contributed by atoms with van der Waals surface area (Å²) in [6, 6.07) is 8.00. The standard InChI is InChI=1S/C17H20N2O3/c1-4-22-17(20)14-10-15(19(2)18-14)13-8-7-12(11-5-6-11)9-16(13)21-3/h7-11H,4-6H2,1-3H3. The average molecular weight is 300 g/mol. The van der Waals surface area contributed by atoms with Gasteiger partial charge in [0.15, 0.2) is 5.69 Å². The van der Waals surface area contributed by atoms with E-state index in [-0.39, 0.29) is 0 Å². The van der Waals surface area contributed by atoms with Gasteiger partial charge in [0.2, 0.25) is 0 Å². The highest BCUT2D eigenvalue weighted by atomic mass is 16.5. The molecule has 1 aliphatic carbocycles. The maximum absolute atomic E-state index is 11.8. The third-order valence-electron chi connectivity index (χ3n) is 3.91. The Morgan fingerprint density at radius 1 is 1.36 bits per heavy atom. The van der Waals surface area contributed by atoms with Gasteiger partial charge in [-0.05, 0) is 49.4 Å².